The number of benzene rings is 1. The van der Waals surface area contributed by atoms with Gasteiger partial charge in [0.25, 0.3) is 0 Å². The Morgan fingerprint density at radius 1 is 1.22 bits per heavy atom. The number of fused-ring (bicyclic) bond motifs is 1. The number of aromatic nitrogens is 5. The first-order chi connectivity index (χ1) is 15.7. The lowest BCUT2D eigenvalue weighted by molar-refractivity contribution is -0.133. The van der Waals surface area contributed by atoms with Crippen LogP contribution in [0.5, 0.6) is 0 Å². The first kappa shape index (κ1) is 20.9. The SMILES string of the molecule is COC(=O)/C(=C(/O)CSc1nnc(N2CCCCC2)n1C1CC1)c1nc2ccccc2[nH]1. The fourth-order valence-corrected chi connectivity index (χ4v) is 4.94. The van der Waals surface area contributed by atoms with Gasteiger partial charge in [-0.05, 0) is 44.2 Å². The number of carbonyl (C=O) groups excluding carboxylic acids is 1. The molecule has 1 aliphatic carbocycles. The summed E-state index contributed by atoms with van der Waals surface area (Å²) >= 11 is 1.37. The topological polar surface area (TPSA) is 109 Å². The molecule has 168 valence electrons. The van der Waals surface area contributed by atoms with Crippen LogP contribution in [0.2, 0.25) is 0 Å². The first-order valence-corrected chi connectivity index (χ1v) is 11.9. The number of esters is 1. The zero-order valence-corrected chi connectivity index (χ0v) is 18.8. The van der Waals surface area contributed by atoms with Crippen LogP contribution in [0, 0.1) is 0 Å². The van der Waals surface area contributed by atoms with Gasteiger partial charge < -0.3 is 19.7 Å². The van der Waals surface area contributed by atoms with Crippen molar-refractivity contribution >= 4 is 40.3 Å². The highest BCUT2D eigenvalue weighted by molar-refractivity contribution is 7.99. The third-order valence-electron chi connectivity index (χ3n) is 5.84. The summed E-state index contributed by atoms with van der Waals surface area (Å²) in [4.78, 5) is 22.4. The summed E-state index contributed by atoms with van der Waals surface area (Å²) in [5.74, 6) is 0.620. The largest absolute Gasteiger partial charge is 0.510 e. The third-order valence-corrected chi connectivity index (χ3v) is 6.79. The van der Waals surface area contributed by atoms with Crippen molar-refractivity contribution in [3.8, 4) is 0 Å². The van der Waals surface area contributed by atoms with Crippen LogP contribution in [0.4, 0.5) is 5.95 Å². The monoisotopic (exact) mass is 454 g/mol. The van der Waals surface area contributed by atoms with Crippen molar-refractivity contribution in [1.82, 2.24) is 24.7 Å². The van der Waals surface area contributed by atoms with E-state index in [1.54, 1.807) is 0 Å². The van der Waals surface area contributed by atoms with E-state index in [1.807, 2.05) is 24.3 Å². The Labute approximate surface area is 189 Å². The normalized spacial score (nSPS) is 17.5. The van der Waals surface area contributed by atoms with Crippen LogP contribution >= 0.6 is 11.8 Å². The second kappa shape index (κ2) is 8.85. The molecule has 2 fully saturated rings. The maximum atomic E-state index is 12.5. The summed E-state index contributed by atoms with van der Waals surface area (Å²) in [6.07, 6.45) is 5.82. The van der Waals surface area contributed by atoms with E-state index in [-0.39, 0.29) is 22.9 Å². The Morgan fingerprint density at radius 2 is 2.00 bits per heavy atom. The van der Waals surface area contributed by atoms with Gasteiger partial charge in [0.1, 0.15) is 17.2 Å². The number of nitrogens with zero attached hydrogens (tertiary/aromatic N) is 5. The van der Waals surface area contributed by atoms with E-state index in [1.165, 1.54) is 38.1 Å². The lowest BCUT2D eigenvalue weighted by Crippen LogP contribution is -2.31. The van der Waals surface area contributed by atoms with Gasteiger partial charge in [-0.15, -0.1) is 10.2 Å². The smallest absolute Gasteiger partial charge is 0.345 e. The molecule has 1 aromatic carbocycles. The molecule has 1 saturated heterocycles. The van der Waals surface area contributed by atoms with Crippen LogP contribution in [-0.4, -0.2) is 61.8 Å². The Balaban J connectivity index is 1.42. The number of aliphatic hydroxyl groups excluding tert-OH is 1. The number of piperidine rings is 1. The standard InChI is InChI=1S/C22H26N6O3S/c1-31-20(30)18(19-23-15-7-3-4-8-16(15)24-19)17(29)13-32-22-26-25-21(28(22)14-9-10-14)27-11-5-2-6-12-27/h3-4,7-8,14,29H,2,5-6,9-13H2,1H3,(H,23,24)/b18-17+. The number of hydrogen-bond donors (Lipinski definition) is 2. The lowest BCUT2D eigenvalue weighted by atomic mass is 10.1. The van der Waals surface area contributed by atoms with Crippen molar-refractivity contribution < 1.29 is 14.6 Å². The lowest BCUT2D eigenvalue weighted by Gasteiger charge is -2.27. The van der Waals surface area contributed by atoms with Crippen molar-refractivity contribution in [2.24, 2.45) is 0 Å². The fraction of sp³-hybridized carbons (Fsp3) is 0.455. The van der Waals surface area contributed by atoms with Crippen LogP contribution in [0.1, 0.15) is 44.0 Å². The summed E-state index contributed by atoms with van der Waals surface area (Å²) in [5, 5.41) is 20.5. The van der Waals surface area contributed by atoms with Gasteiger partial charge in [0.05, 0.1) is 23.9 Å². The number of carbonyl (C=O) groups is 1. The molecule has 0 radical (unpaired) electrons. The number of methoxy groups -OCH3 is 1. The number of hydrogen-bond acceptors (Lipinski definition) is 8. The second-order valence-corrected chi connectivity index (χ2v) is 9.08. The van der Waals surface area contributed by atoms with E-state index in [0.29, 0.717) is 11.6 Å². The molecule has 0 unspecified atom stereocenters. The molecule has 0 spiro atoms. The number of aliphatic hydroxyl groups is 1. The number of anilines is 1. The first-order valence-electron chi connectivity index (χ1n) is 10.9. The Hall–Kier alpha value is -3.01. The molecule has 5 rings (SSSR count). The highest BCUT2D eigenvalue weighted by Crippen LogP contribution is 2.41. The summed E-state index contributed by atoms with van der Waals surface area (Å²) in [5.41, 5.74) is 1.53. The number of ether oxygens (including phenoxy) is 1. The number of H-pyrrole nitrogens is 1. The Bertz CT molecular complexity index is 1130. The molecule has 1 saturated carbocycles. The zero-order valence-electron chi connectivity index (χ0n) is 18.0. The van der Waals surface area contributed by atoms with Crippen LogP contribution in [0.25, 0.3) is 16.6 Å². The van der Waals surface area contributed by atoms with Gasteiger partial charge >= 0.3 is 5.97 Å². The molecule has 9 nitrogen and oxygen atoms in total. The van der Waals surface area contributed by atoms with E-state index in [9.17, 15) is 9.90 Å². The molecule has 0 amide bonds. The fourth-order valence-electron chi connectivity index (χ4n) is 4.06. The average Bonchev–Trinajstić information content (AvgIpc) is 3.43. The van der Waals surface area contributed by atoms with E-state index in [2.05, 4.69) is 29.6 Å². The summed E-state index contributed by atoms with van der Waals surface area (Å²) in [7, 11) is 1.29. The Kier molecular flexibility index (Phi) is 5.77. The molecule has 3 aromatic rings. The van der Waals surface area contributed by atoms with Gasteiger partial charge in [0.15, 0.2) is 5.16 Å². The molecule has 2 aliphatic rings. The van der Waals surface area contributed by atoms with Crippen molar-refractivity contribution in [2.45, 2.75) is 43.3 Å². The molecule has 10 heteroatoms. The number of aromatic amines is 1. The molecule has 2 N–H and O–H groups in total. The van der Waals surface area contributed by atoms with Crippen molar-refractivity contribution in [3.63, 3.8) is 0 Å². The molecule has 3 heterocycles. The van der Waals surface area contributed by atoms with Gasteiger partial charge in [-0.1, -0.05) is 23.9 Å². The number of para-hydroxylation sites is 2. The van der Waals surface area contributed by atoms with Gasteiger partial charge in [0, 0.05) is 19.1 Å². The molecule has 0 atom stereocenters. The van der Waals surface area contributed by atoms with Gasteiger partial charge in [-0.2, -0.15) is 0 Å². The highest BCUT2D eigenvalue weighted by atomic mass is 32.2. The van der Waals surface area contributed by atoms with Crippen molar-refractivity contribution in [3.05, 3.63) is 35.8 Å². The predicted octanol–water partition coefficient (Wildman–Crippen LogP) is 3.71. The summed E-state index contributed by atoms with van der Waals surface area (Å²) in [6, 6.07) is 7.87. The Morgan fingerprint density at radius 3 is 2.72 bits per heavy atom. The minimum absolute atomic E-state index is 0.0324. The summed E-state index contributed by atoms with van der Waals surface area (Å²) in [6.45, 7) is 2.00. The van der Waals surface area contributed by atoms with Crippen LogP contribution in [0.15, 0.2) is 35.2 Å². The maximum Gasteiger partial charge on any atom is 0.345 e. The van der Waals surface area contributed by atoms with E-state index in [4.69, 9.17) is 4.74 Å². The molecule has 2 aromatic heterocycles. The van der Waals surface area contributed by atoms with Gasteiger partial charge in [-0.25, -0.2) is 9.78 Å². The molecule has 0 bridgehead atoms. The quantitative estimate of drug-likeness (QED) is 0.241. The minimum atomic E-state index is -0.639. The molecule has 32 heavy (non-hydrogen) atoms. The summed E-state index contributed by atoms with van der Waals surface area (Å²) < 4.78 is 7.12. The number of thioether (sulfide) groups is 1. The van der Waals surface area contributed by atoms with E-state index in [0.717, 1.165) is 42.6 Å². The van der Waals surface area contributed by atoms with Crippen LogP contribution < -0.4 is 4.90 Å². The number of imidazole rings is 1. The third kappa shape index (κ3) is 4.06. The van der Waals surface area contributed by atoms with E-state index >= 15 is 0 Å². The van der Waals surface area contributed by atoms with Gasteiger partial charge in [-0.3, -0.25) is 4.57 Å². The van der Waals surface area contributed by atoms with Crippen molar-refractivity contribution in [1.29, 1.82) is 0 Å². The predicted molar refractivity (Wildman–Crippen MR) is 123 cm³/mol. The van der Waals surface area contributed by atoms with Crippen LogP contribution in [0.3, 0.4) is 0 Å². The van der Waals surface area contributed by atoms with Crippen LogP contribution in [-0.2, 0) is 9.53 Å². The minimum Gasteiger partial charge on any atom is -0.510 e. The zero-order chi connectivity index (χ0) is 22.1. The van der Waals surface area contributed by atoms with Crippen molar-refractivity contribution in [2.75, 3.05) is 30.9 Å². The maximum absolute atomic E-state index is 12.5. The second-order valence-electron chi connectivity index (χ2n) is 8.14. The van der Waals surface area contributed by atoms with E-state index < -0.39 is 5.97 Å². The number of rotatable bonds is 7. The molecule has 1 aliphatic heterocycles. The molecular formula is C22H26N6O3S. The van der Waals surface area contributed by atoms with Gasteiger partial charge in [0.2, 0.25) is 5.95 Å². The number of nitrogens with one attached hydrogen (secondary N) is 1. The highest BCUT2D eigenvalue weighted by Gasteiger charge is 2.32. The average molecular weight is 455 g/mol. The molecular weight excluding hydrogens is 428 g/mol.